The number of rotatable bonds is 7. The summed E-state index contributed by atoms with van der Waals surface area (Å²) in [6.45, 7) is 8.24. The van der Waals surface area contributed by atoms with Gasteiger partial charge in [0.05, 0.1) is 0 Å². The number of benzene rings is 1. The molecule has 0 aliphatic heterocycles. The second kappa shape index (κ2) is 7.15. The van der Waals surface area contributed by atoms with Crippen LogP contribution in [0.25, 0.3) is 5.65 Å². The lowest BCUT2D eigenvalue weighted by Crippen LogP contribution is -2.22. The van der Waals surface area contributed by atoms with E-state index in [1.165, 1.54) is 15.8 Å². The molecule has 23 heavy (non-hydrogen) atoms. The molecule has 0 aliphatic carbocycles. The highest BCUT2D eigenvalue weighted by molar-refractivity contribution is 5.42. The lowest BCUT2D eigenvalue weighted by Gasteiger charge is -2.18. The number of anilines is 1. The quantitative estimate of drug-likeness (QED) is 0.719. The number of hydrogen-bond donors (Lipinski definition) is 1. The van der Waals surface area contributed by atoms with Crippen LogP contribution >= 0.6 is 0 Å². The molecule has 3 aromatic rings. The SMILES string of the molecule is CCN(CC)Cc1ccc(CNc2ccc3nnnn3n2)cc1. The zero-order valence-electron chi connectivity index (χ0n) is 13.5. The Hall–Kier alpha value is -2.54. The van der Waals surface area contributed by atoms with Crippen LogP contribution in [0.3, 0.4) is 0 Å². The third-order valence-electron chi connectivity index (χ3n) is 3.87. The van der Waals surface area contributed by atoms with Gasteiger partial charge in [-0.05, 0) is 46.8 Å². The molecule has 0 radical (unpaired) electrons. The van der Waals surface area contributed by atoms with Crippen molar-refractivity contribution in [1.82, 2.24) is 30.2 Å². The maximum Gasteiger partial charge on any atom is 0.200 e. The third-order valence-corrected chi connectivity index (χ3v) is 3.87. The van der Waals surface area contributed by atoms with Crippen molar-refractivity contribution in [3.8, 4) is 0 Å². The van der Waals surface area contributed by atoms with Gasteiger partial charge >= 0.3 is 0 Å². The van der Waals surface area contributed by atoms with E-state index in [-0.39, 0.29) is 0 Å². The first-order valence-corrected chi connectivity index (χ1v) is 7.88. The Morgan fingerprint density at radius 1 is 1.00 bits per heavy atom. The molecule has 0 spiro atoms. The molecule has 0 saturated heterocycles. The van der Waals surface area contributed by atoms with Crippen molar-refractivity contribution in [3.05, 3.63) is 47.5 Å². The lowest BCUT2D eigenvalue weighted by molar-refractivity contribution is 0.296. The molecule has 0 atom stereocenters. The first-order chi connectivity index (χ1) is 11.3. The third kappa shape index (κ3) is 3.81. The van der Waals surface area contributed by atoms with Gasteiger partial charge in [0.2, 0.25) is 0 Å². The predicted octanol–water partition coefficient (Wildman–Crippen LogP) is 1.97. The smallest absolute Gasteiger partial charge is 0.200 e. The van der Waals surface area contributed by atoms with Crippen LogP contribution in [0.1, 0.15) is 25.0 Å². The topological polar surface area (TPSA) is 71.2 Å². The minimum absolute atomic E-state index is 0.635. The fraction of sp³-hybridized carbons (Fsp3) is 0.375. The van der Waals surface area contributed by atoms with E-state index in [0.29, 0.717) is 12.2 Å². The summed E-state index contributed by atoms with van der Waals surface area (Å²) < 4.78 is 1.41. The highest BCUT2D eigenvalue weighted by atomic mass is 15.6. The normalized spacial score (nSPS) is 11.3. The summed E-state index contributed by atoms with van der Waals surface area (Å²) in [7, 11) is 0. The summed E-state index contributed by atoms with van der Waals surface area (Å²) >= 11 is 0. The van der Waals surface area contributed by atoms with Crippen LogP contribution in [-0.2, 0) is 13.1 Å². The fourth-order valence-corrected chi connectivity index (χ4v) is 2.40. The van der Waals surface area contributed by atoms with E-state index in [2.05, 4.69) is 69.0 Å². The molecular weight excluding hydrogens is 290 g/mol. The maximum absolute atomic E-state index is 4.29. The van der Waals surface area contributed by atoms with E-state index in [1.54, 1.807) is 0 Å². The zero-order chi connectivity index (χ0) is 16.1. The van der Waals surface area contributed by atoms with Crippen LogP contribution in [0, 0.1) is 0 Å². The molecule has 3 rings (SSSR count). The Morgan fingerprint density at radius 3 is 2.48 bits per heavy atom. The number of nitrogens with one attached hydrogen (secondary N) is 1. The highest BCUT2D eigenvalue weighted by Crippen LogP contribution is 2.10. The van der Waals surface area contributed by atoms with E-state index >= 15 is 0 Å². The average Bonchev–Trinajstić information content (AvgIpc) is 3.06. The summed E-state index contributed by atoms with van der Waals surface area (Å²) in [4.78, 5) is 2.40. The van der Waals surface area contributed by atoms with Gasteiger partial charge in [0.25, 0.3) is 0 Å². The summed E-state index contributed by atoms with van der Waals surface area (Å²) in [5.41, 5.74) is 3.19. The van der Waals surface area contributed by atoms with Gasteiger partial charge in [-0.2, -0.15) is 0 Å². The fourth-order valence-electron chi connectivity index (χ4n) is 2.40. The van der Waals surface area contributed by atoms with Gasteiger partial charge in [-0.25, -0.2) is 0 Å². The van der Waals surface area contributed by atoms with Crippen LogP contribution < -0.4 is 5.32 Å². The number of fused-ring (bicyclic) bond motifs is 1. The zero-order valence-corrected chi connectivity index (χ0v) is 13.5. The van der Waals surface area contributed by atoms with Gasteiger partial charge in [-0.3, -0.25) is 4.90 Å². The molecule has 7 nitrogen and oxygen atoms in total. The van der Waals surface area contributed by atoms with E-state index in [0.717, 1.165) is 25.5 Å². The monoisotopic (exact) mass is 311 g/mol. The Balaban J connectivity index is 1.59. The van der Waals surface area contributed by atoms with Crippen molar-refractivity contribution in [2.45, 2.75) is 26.9 Å². The molecule has 1 N–H and O–H groups in total. The molecule has 120 valence electrons. The maximum atomic E-state index is 4.29. The lowest BCUT2D eigenvalue weighted by atomic mass is 10.1. The molecule has 2 aromatic heterocycles. The molecule has 0 fully saturated rings. The van der Waals surface area contributed by atoms with Crippen LogP contribution in [0.2, 0.25) is 0 Å². The molecular formula is C16H21N7. The van der Waals surface area contributed by atoms with Crippen molar-refractivity contribution in [3.63, 3.8) is 0 Å². The van der Waals surface area contributed by atoms with E-state index in [4.69, 9.17) is 0 Å². The number of hydrogen-bond acceptors (Lipinski definition) is 6. The van der Waals surface area contributed by atoms with Crippen LogP contribution in [-0.4, -0.2) is 43.2 Å². The average molecular weight is 311 g/mol. The van der Waals surface area contributed by atoms with Crippen LogP contribution in [0.5, 0.6) is 0 Å². The first kappa shape index (κ1) is 15.4. The second-order valence-electron chi connectivity index (χ2n) is 5.38. The molecule has 7 heteroatoms. The van der Waals surface area contributed by atoms with E-state index in [9.17, 15) is 0 Å². The van der Waals surface area contributed by atoms with Gasteiger partial charge in [-0.15, -0.1) is 14.8 Å². The Bertz CT molecular complexity index is 746. The number of tetrazole rings is 1. The summed E-state index contributed by atoms with van der Waals surface area (Å²) in [5, 5.41) is 18.8. The molecule has 0 unspecified atom stereocenters. The Labute approximate surface area is 135 Å². The van der Waals surface area contributed by atoms with Gasteiger partial charge in [0.1, 0.15) is 5.82 Å². The largest absolute Gasteiger partial charge is 0.365 e. The molecule has 1 aromatic carbocycles. The van der Waals surface area contributed by atoms with Gasteiger partial charge in [0, 0.05) is 13.1 Å². The van der Waals surface area contributed by atoms with Crippen molar-refractivity contribution in [1.29, 1.82) is 0 Å². The summed E-state index contributed by atoms with van der Waals surface area (Å²) in [6.07, 6.45) is 0. The minimum atomic E-state index is 0.635. The summed E-state index contributed by atoms with van der Waals surface area (Å²) in [6, 6.07) is 12.4. The van der Waals surface area contributed by atoms with Crippen LogP contribution in [0.4, 0.5) is 5.82 Å². The second-order valence-corrected chi connectivity index (χ2v) is 5.38. The standard InChI is InChI=1S/C16H21N7/c1-3-22(4-2)12-14-7-5-13(6-8-14)11-17-15-9-10-16-18-20-21-23(16)19-15/h5-10H,3-4,11-12H2,1-2H3,(H,17,19). The number of nitrogens with zero attached hydrogens (tertiary/aromatic N) is 6. The Kier molecular flexibility index (Phi) is 4.77. The Morgan fingerprint density at radius 2 is 1.74 bits per heavy atom. The van der Waals surface area contributed by atoms with Gasteiger partial charge < -0.3 is 5.32 Å². The summed E-state index contributed by atoms with van der Waals surface area (Å²) in [5.74, 6) is 0.747. The molecule has 2 heterocycles. The molecule has 0 amide bonds. The molecule has 0 saturated carbocycles. The molecule has 0 aliphatic rings. The predicted molar refractivity (Wildman–Crippen MR) is 89.0 cm³/mol. The van der Waals surface area contributed by atoms with E-state index in [1.807, 2.05) is 12.1 Å². The van der Waals surface area contributed by atoms with Crippen LogP contribution in [0.15, 0.2) is 36.4 Å². The van der Waals surface area contributed by atoms with Gasteiger partial charge in [0.15, 0.2) is 5.65 Å². The first-order valence-electron chi connectivity index (χ1n) is 7.88. The highest BCUT2D eigenvalue weighted by Gasteiger charge is 2.03. The molecule has 0 bridgehead atoms. The van der Waals surface area contributed by atoms with Crippen molar-refractivity contribution >= 4 is 11.5 Å². The van der Waals surface area contributed by atoms with Crippen molar-refractivity contribution < 1.29 is 0 Å². The minimum Gasteiger partial charge on any atom is -0.365 e. The van der Waals surface area contributed by atoms with Crippen molar-refractivity contribution in [2.75, 3.05) is 18.4 Å². The van der Waals surface area contributed by atoms with E-state index < -0.39 is 0 Å². The van der Waals surface area contributed by atoms with Gasteiger partial charge in [-0.1, -0.05) is 38.1 Å². The van der Waals surface area contributed by atoms with Crippen molar-refractivity contribution in [2.24, 2.45) is 0 Å². The number of aromatic nitrogens is 5.